The summed E-state index contributed by atoms with van der Waals surface area (Å²) in [5.41, 5.74) is 0.598. The molecule has 4 aromatic rings. The first-order valence-corrected chi connectivity index (χ1v) is 10.8. The number of carbonyl (C=O) groups is 1. The topological polar surface area (TPSA) is 92.1 Å². The summed E-state index contributed by atoms with van der Waals surface area (Å²) in [6.45, 7) is 3.04. The van der Waals surface area contributed by atoms with Crippen molar-refractivity contribution in [2.24, 2.45) is 0 Å². The second kappa shape index (κ2) is 8.99. The van der Waals surface area contributed by atoms with E-state index in [1.54, 1.807) is 12.4 Å². The van der Waals surface area contributed by atoms with Gasteiger partial charge >= 0.3 is 0 Å². The molecule has 0 radical (unpaired) electrons. The lowest BCUT2D eigenvalue weighted by Gasteiger charge is -2.36. The third-order valence-electron chi connectivity index (χ3n) is 5.46. The third kappa shape index (κ3) is 4.42. The van der Waals surface area contributed by atoms with Crippen molar-refractivity contribution in [3.8, 4) is 0 Å². The van der Waals surface area contributed by atoms with Gasteiger partial charge in [0, 0.05) is 37.4 Å². The van der Waals surface area contributed by atoms with E-state index in [9.17, 15) is 9.18 Å². The Hall–Kier alpha value is -3.79. The number of hydrogen-bond acceptors (Lipinski definition) is 7. The van der Waals surface area contributed by atoms with E-state index in [4.69, 9.17) is 11.6 Å². The van der Waals surface area contributed by atoms with E-state index in [-0.39, 0.29) is 17.3 Å². The lowest BCUT2D eigenvalue weighted by atomic mass is 10.2. The van der Waals surface area contributed by atoms with Gasteiger partial charge in [0.15, 0.2) is 5.65 Å². The van der Waals surface area contributed by atoms with Gasteiger partial charge in [0.2, 0.25) is 5.91 Å². The lowest BCUT2D eigenvalue weighted by Crippen LogP contribution is -2.47. The predicted molar refractivity (Wildman–Crippen MR) is 124 cm³/mol. The first-order chi connectivity index (χ1) is 16.1. The number of hydrogen-bond donors (Lipinski definition) is 1. The Morgan fingerprint density at radius 1 is 1.06 bits per heavy atom. The molecule has 1 aromatic carbocycles. The van der Waals surface area contributed by atoms with E-state index < -0.39 is 11.7 Å². The van der Waals surface area contributed by atoms with Gasteiger partial charge in [0.05, 0.1) is 17.3 Å². The number of nitrogens with zero attached hydrogens (tertiary/aromatic N) is 7. The lowest BCUT2D eigenvalue weighted by molar-refractivity contribution is -0.116. The summed E-state index contributed by atoms with van der Waals surface area (Å²) in [7, 11) is 0. The molecule has 0 saturated carbocycles. The minimum atomic E-state index is -0.601. The summed E-state index contributed by atoms with van der Waals surface area (Å²) in [5, 5.41) is 7.88. The summed E-state index contributed by atoms with van der Waals surface area (Å²) < 4.78 is 15.5. The molecule has 0 atom stereocenters. The Morgan fingerprint density at radius 2 is 1.88 bits per heavy atom. The van der Waals surface area contributed by atoms with Crippen molar-refractivity contribution in [3.63, 3.8) is 0 Å². The number of amides is 1. The van der Waals surface area contributed by atoms with Gasteiger partial charge in [-0.05, 0) is 30.3 Å². The monoisotopic (exact) mass is 466 g/mol. The number of anilines is 3. The van der Waals surface area contributed by atoms with E-state index in [0.717, 1.165) is 49.3 Å². The van der Waals surface area contributed by atoms with E-state index in [0.29, 0.717) is 5.65 Å². The number of halogens is 2. The van der Waals surface area contributed by atoms with Crippen LogP contribution in [-0.2, 0) is 11.3 Å². The molecule has 0 bridgehead atoms. The molecule has 1 fully saturated rings. The highest BCUT2D eigenvalue weighted by Gasteiger charge is 2.22. The zero-order chi connectivity index (χ0) is 22.8. The number of aromatic nitrogens is 5. The van der Waals surface area contributed by atoms with E-state index >= 15 is 0 Å². The smallest absolute Gasteiger partial charge is 0.246 e. The fraction of sp³-hybridized carbons (Fsp3) is 0.227. The van der Waals surface area contributed by atoms with Crippen molar-refractivity contribution in [1.29, 1.82) is 0 Å². The van der Waals surface area contributed by atoms with Crippen LogP contribution in [0.5, 0.6) is 0 Å². The molecule has 1 saturated heterocycles. The highest BCUT2D eigenvalue weighted by atomic mass is 35.5. The van der Waals surface area contributed by atoms with Gasteiger partial charge in [-0.15, -0.1) is 0 Å². The van der Waals surface area contributed by atoms with Crippen LogP contribution in [0.2, 0.25) is 5.02 Å². The van der Waals surface area contributed by atoms with Crippen LogP contribution in [0.1, 0.15) is 0 Å². The zero-order valence-corrected chi connectivity index (χ0v) is 18.3. The summed E-state index contributed by atoms with van der Waals surface area (Å²) in [6.07, 6.45) is 4.92. The molecule has 1 aliphatic heterocycles. The fourth-order valence-corrected chi connectivity index (χ4v) is 4.01. The maximum absolute atomic E-state index is 14.0. The molecule has 1 aliphatic rings. The summed E-state index contributed by atoms with van der Waals surface area (Å²) in [6, 6.07) is 9.96. The second-order valence-corrected chi connectivity index (χ2v) is 8.01. The quantitative estimate of drug-likeness (QED) is 0.483. The van der Waals surface area contributed by atoms with Crippen molar-refractivity contribution in [2.75, 3.05) is 41.3 Å². The van der Waals surface area contributed by atoms with Crippen LogP contribution in [-0.4, -0.2) is 56.8 Å². The number of nitrogens with one attached hydrogen (secondary N) is 1. The van der Waals surface area contributed by atoms with Crippen LogP contribution < -0.4 is 15.1 Å². The Kier molecular flexibility index (Phi) is 5.74. The average Bonchev–Trinajstić information content (AvgIpc) is 3.24. The van der Waals surface area contributed by atoms with Crippen LogP contribution >= 0.6 is 11.6 Å². The molecule has 4 heterocycles. The summed E-state index contributed by atoms with van der Waals surface area (Å²) in [5.74, 6) is 0.706. The predicted octanol–water partition coefficient (Wildman–Crippen LogP) is 2.98. The maximum atomic E-state index is 14.0. The molecule has 168 valence electrons. The Balaban J connectivity index is 1.30. The van der Waals surface area contributed by atoms with E-state index in [2.05, 4.69) is 35.2 Å². The number of rotatable bonds is 5. The van der Waals surface area contributed by atoms with Gasteiger partial charge in [0.25, 0.3) is 0 Å². The van der Waals surface area contributed by atoms with Crippen LogP contribution in [0.15, 0.2) is 55.1 Å². The van der Waals surface area contributed by atoms with Gasteiger partial charge in [-0.2, -0.15) is 5.10 Å². The molecular weight excluding hydrogens is 447 g/mol. The molecule has 33 heavy (non-hydrogen) atoms. The summed E-state index contributed by atoms with van der Waals surface area (Å²) in [4.78, 5) is 30.1. The van der Waals surface area contributed by atoms with Crippen LogP contribution in [0.4, 0.5) is 21.7 Å². The highest BCUT2D eigenvalue weighted by molar-refractivity contribution is 6.30. The normalized spacial score (nSPS) is 14.0. The van der Waals surface area contributed by atoms with Gasteiger partial charge in [-0.1, -0.05) is 17.7 Å². The second-order valence-electron chi connectivity index (χ2n) is 7.57. The van der Waals surface area contributed by atoms with Crippen molar-refractivity contribution in [1.82, 2.24) is 24.7 Å². The van der Waals surface area contributed by atoms with Gasteiger partial charge in [0.1, 0.15) is 30.3 Å². The molecular formula is C22H20ClFN8O. The molecule has 1 amide bonds. The Labute approximate surface area is 193 Å². The van der Waals surface area contributed by atoms with E-state index in [1.807, 2.05) is 18.2 Å². The largest absolute Gasteiger partial charge is 0.353 e. The van der Waals surface area contributed by atoms with Gasteiger partial charge in [-0.3, -0.25) is 4.79 Å². The van der Waals surface area contributed by atoms with E-state index in [1.165, 1.54) is 23.1 Å². The van der Waals surface area contributed by atoms with Crippen molar-refractivity contribution in [2.45, 2.75) is 6.54 Å². The Morgan fingerprint density at radius 3 is 2.64 bits per heavy atom. The molecule has 0 spiro atoms. The van der Waals surface area contributed by atoms with Crippen molar-refractivity contribution >= 4 is 45.9 Å². The number of carbonyl (C=O) groups excluding carboxylic acids is 1. The molecule has 3 aromatic heterocycles. The summed E-state index contributed by atoms with van der Waals surface area (Å²) >= 11 is 5.76. The SMILES string of the molecule is O=C(Cn1ncc2c(N3CCN(c4ccccn4)CC3)ncnc21)Nc1ccc(Cl)cc1F. The number of piperazine rings is 1. The standard InChI is InChI=1S/C22H20ClFN8O/c23-15-4-5-18(17(24)11-15)29-20(33)13-32-22-16(12-28-32)21(26-14-27-22)31-9-7-30(8-10-31)19-3-1-2-6-25-19/h1-6,11-12,14H,7-10,13H2,(H,29,33). The average molecular weight is 467 g/mol. The molecule has 9 nitrogen and oxygen atoms in total. The molecule has 11 heteroatoms. The minimum Gasteiger partial charge on any atom is -0.353 e. The first-order valence-electron chi connectivity index (χ1n) is 10.4. The maximum Gasteiger partial charge on any atom is 0.246 e. The van der Waals surface area contributed by atoms with Gasteiger partial charge < -0.3 is 15.1 Å². The van der Waals surface area contributed by atoms with Crippen LogP contribution in [0.3, 0.4) is 0 Å². The Bertz CT molecular complexity index is 1290. The molecule has 0 aliphatic carbocycles. The fourth-order valence-electron chi connectivity index (χ4n) is 3.85. The highest BCUT2D eigenvalue weighted by Crippen LogP contribution is 2.25. The number of pyridine rings is 1. The molecule has 0 unspecified atom stereocenters. The van der Waals surface area contributed by atoms with Crippen LogP contribution in [0.25, 0.3) is 11.0 Å². The zero-order valence-electron chi connectivity index (χ0n) is 17.5. The minimum absolute atomic E-state index is 0.0574. The van der Waals surface area contributed by atoms with Crippen molar-refractivity contribution < 1.29 is 9.18 Å². The first kappa shape index (κ1) is 21.1. The third-order valence-corrected chi connectivity index (χ3v) is 5.70. The molecule has 1 N–H and O–H groups in total. The number of fused-ring (bicyclic) bond motifs is 1. The van der Waals surface area contributed by atoms with Crippen LogP contribution in [0, 0.1) is 5.82 Å². The van der Waals surface area contributed by atoms with Gasteiger partial charge in [-0.25, -0.2) is 24.0 Å². The number of benzene rings is 1. The molecule has 5 rings (SSSR count). The van der Waals surface area contributed by atoms with Crippen molar-refractivity contribution in [3.05, 3.63) is 66.0 Å².